The molecule has 1 amide bonds. The summed E-state index contributed by atoms with van der Waals surface area (Å²) < 4.78 is 1.72. The molecule has 1 atom stereocenters. The molecule has 3 heteroatoms. The van der Waals surface area contributed by atoms with Gasteiger partial charge in [-0.25, -0.2) is 0 Å². The fraction of sp³-hybridized carbons (Fsp3) is 0.500. The quantitative estimate of drug-likeness (QED) is 0.571. The van der Waals surface area contributed by atoms with Crippen LogP contribution in [0, 0.1) is 12.8 Å². The largest absolute Gasteiger partial charge is 0.273 e. The Kier molecular flexibility index (Phi) is 8.21. The number of amides is 1. The van der Waals surface area contributed by atoms with Crippen LogP contribution >= 0.6 is 22.9 Å². The molecule has 0 radical (unpaired) electrons. The van der Waals surface area contributed by atoms with Crippen LogP contribution in [-0.2, 0) is 4.79 Å². The summed E-state index contributed by atoms with van der Waals surface area (Å²) in [4.78, 5) is 11.9. The molecule has 1 aromatic rings. The molecule has 0 aromatic heterocycles. The lowest BCUT2D eigenvalue weighted by Gasteiger charge is -2.20. The highest BCUT2D eigenvalue weighted by Gasteiger charge is 2.19. The zero-order valence-corrected chi connectivity index (χ0v) is 13.5. The average molecular weight is 347 g/mol. The van der Waals surface area contributed by atoms with Crippen LogP contribution in [0.1, 0.15) is 39.7 Å². The molecule has 1 unspecified atom stereocenters. The fourth-order valence-electron chi connectivity index (χ4n) is 1.27. The molecular weight excluding hydrogens is 325 g/mol. The molecule has 1 aromatic carbocycles. The zero-order valence-electron chi connectivity index (χ0n) is 11.3. The first-order chi connectivity index (χ1) is 8.07. The third-order valence-electron chi connectivity index (χ3n) is 2.55. The molecular formula is C14H22INO. The van der Waals surface area contributed by atoms with Crippen molar-refractivity contribution in [3.63, 3.8) is 0 Å². The number of carbonyl (C=O) groups excluding carboxylic acids is 1. The molecule has 96 valence electrons. The summed E-state index contributed by atoms with van der Waals surface area (Å²) >= 11 is 2.08. The van der Waals surface area contributed by atoms with E-state index in [0.29, 0.717) is 0 Å². The topological polar surface area (TPSA) is 20.3 Å². The number of para-hydroxylation sites is 1. The maximum absolute atomic E-state index is 11.9. The molecule has 0 fully saturated rings. The van der Waals surface area contributed by atoms with E-state index in [2.05, 4.69) is 22.9 Å². The molecule has 0 aliphatic heterocycles. The minimum atomic E-state index is 0.0847. The van der Waals surface area contributed by atoms with Crippen LogP contribution in [0.25, 0.3) is 0 Å². The van der Waals surface area contributed by atoms with E-state index in [9.17, 15) is 4.79 Å². The molecule has 0 bridgehead atoms. The van der Waals surface area contributed by atoms with Gasteiger partial charge in [0, 0.05) is 5.92 Å². The van der Waals surface area contributed by atoms with Gasteiger partial charge in [-0.15, -0.1) is 0 Å². The van der Waals surface area contributed by atoms with Gasteiger partial charge in [0.05, 0.1) is 28.6 Å². The van der Waals surface area contributed by atoms with Crippen LogP contribution < -0.4 is 3.11 Å². The lowest BCUT2D eigenvalue weighted by Crippen LogP contribution is -2.26. The predicted octanol–water partition coefficient (Wildman–Crippen LogP) is 4.75. The molecule has 0 aliphatic rings. The fourth-order valence-corrected chi connectivity index (χ4v) is 2.29. The summed E-state index contributed by atoms with van der Waals surface area (Å²) in [6.07, 6.45) is 0.879. The van der Waals surface area contributed by atoms with Crippen molar-refractivity contribution < 1.29 is 4.79 Å². The van der Waals surface area contributed by atoms with E-state index in [4.69, 9.17) is 0 Å². The first kappa shape index (κ1) is 16.4. The Morgan fingerprint density at radius 3 is 2.35 bits per heavy atom. The van der Waals surface area contributed by atoms with Gasteiger partial charge in [0.15, 0.2) is 0 Å². The summed E-state index contributed by atoms with van der Waals surface area (Å²) in [6, 6.07) is 7.93. The normalized spacial score (nSPS) is 11.2. The van der Waals surface area contributed by atoms with E-state index in [1.165, 1.54) is 0 Å². The smallest absolute Gasteiger partial charge is 0.238 e. The van der Waals surface area contributed by atoms with Gasteiger partial charge >= 0.3 is 0 Å². The van der Waals surface area contributed by atoms with Gasteiger partial charge in [-0.05, 0) is 25.0 Å². The highest BCUT2D eigenvalue weighted by Crippen LogP contribution is 2.25. The number of anilines is 1. The van der Waals surface area contributed by atoms with Gasteiger partial charge in [-0.3, -0.25) is 7.91 Å². The maximum Gasteiger partial charge on any atom is 0.238 e. The second kappa shape index (κ2) is 8.50. The number of hydrogen-bond donors (Lipinski definition) is 0. The van der Waals surface area contributed by atoms with Crippen LogP contribution in [0.4, 0.5) is 5.69 Å². The van der Waals surface area contributed by atoms with E-state index in [0.717, 1.165) is 17.7 Å². The van der Waals surface area contributed by atoms with Gasteiger partial charge in [0.1, 0.15) is 0 Å². The summed E-state index contributed by atoms with van der Waals surface area (Å²) in [5, 5.41) is 0. The van der Waals surface area contributed by atoms with E-state index in [1.807, 2.05) is 58.9 Å². The second-order valence-corrected chi connectivity index (χ2v) is 4.68. The van der Waals surface area contributed by atoms with Crippen molar-refractivity contribution in [1.82, 2.24) is 0 Å². The number of nitrogens with zero attached hydrogens (tertiary/aromatic N) is 1. The van der Waals surface area contributed by atoms with Crippen molar-refractivity contribution in [2.45, 2.75) is 41.0 Å². The maximum atomic E-state index is 11.9. The Morgan fingerprint density at radius 1 is 1.35 bits per heavy atom. The first-order valence-electron chi connectivity index (χ1n) is 6.13. The molecule has 17 heavy (non-hydrogen) atoms. The highest BCUT2D eigenvalue weighted by atomic mass is 127. The van der Waals surface area contributed by atoms with Gasteiger partial charge in [-0.2, -0.15) is 0 Å². The van der Waals surface area contributed by atoms with Gasteiger partial charge in [-0.1, -0.05) is 45.9 Å². The predicted molar refractivity (Wildman–Crippen MR) is 83.5 cm³/mol. The van der Waals surface area contributed by atoms with Crippen molar-refractivity contribution in [3.05, 3.63) is 29.8 Å². The second-order valence-electron chi connectivity index (χ2n) is 3.71. The van der Waals surface area contributed by atoms with Crippen molar-refractivity contribution >= 4 is 34.5 Å². The molecule has 0 saturated heterocycles. The molecule has 0 N–H and O–H groups in total. The van der Waals surface area contributed by atoms with Crippen LogP contribution in [0.3, 0.4) is 0 Å². The van der Waals surface area contributed by atoms with Crippen molar-refractivity contribution in [2.75, 3.05) is 3.11 Å². The summed E-state index contributed by atoms with van der Waals surface area (Å²) in [7, 11) is 0. The molecule has 0 spiro atoms. The van der Waals surface area contributed by atoms with E-state index in [1.54, 1.807) is 3.11 Å². The third kappa shape index (κ3) is 4.66. The van der Waals surface area contributed by atoms with E-state index in [-0.39, 0.29) is 11.8 Å². The number of halogens is 1. The van der Waals surface area contributed by atoms with Crippen LogP contribution in [0.2, 0.25) is 0 Å². The lowest BCUT2D eigenvalue weighted by molar-refractivity contribution is -0.120. The van der Waals surface area contributed by atoms with Gasteiger partial charge in [0.25, 0.3) is 0 Å². The minimum Gasteiger partial charge on any atom is -0.273 e. The minimum absolute atomic E-state index is 0.0847. The Labute approximate surface area is 119 Å². The van der Waals surface area contributed by atoms with Crippen LogP contribution in [-0.4, -0.2) is 5.91 Å². The van der Waals surface area contributed by atoms with Crippen molar-refractivity contribution in [1.29, 1.82) is 0 Å². The Hall–Kier alpha value is -0.580. The van der Waals surface area contributed by atoms with Gasteiger partial charge < -0.3 is 0 Å². The van der Waals surface area contributed by atoms with Crippen molar-refractivity contribution in [3.8, 4) is 0 Å². The first-order valence-corrected chi connectivity index (χ1v) is 7.09. The number of aryl methyl sites for hydroxylation is 1. The van der Waals surface area contributed by atoms with Gasteiger partial charge in [0.2, 0.25) is 5.91 Å². The summed E-state index contributed by atoms with van der Waals surface area (Å²) in [5.41, 5.74) is 2.12. The molecule has 0 saturated carbocycles. The number of rotatable bonds is 3. The molecule has 0 aliphatic carbocycles. The zero-order chi connectivity index (χ0) is 13.4. The third-order valence-corrected chi connectivity index (χ3v) is 3.55. The van der Waals surface area contributed by atoms with E-state index >= 15 is 0 Å². The highest BCUT2D eigenvalue weighted by molar-refractivity contribution is 14.1. The van der Waals surface area contributed by atoms with Crippen LogP contribution in [0.5, 0.6) is 0 Å². The number of carbonyl (C=O) groups is 1. The Balaban J connectivity index is 0.00000121. The SMILES string of the molecule is CC.CCC(C)C(=O)N(I)c1ccccc1C. The molecule has 2 nitrogen and oxygen atoms in total. The number of hydrogen-bond acceptors (Lipinski definition) is 1. The molecule has 1 rings (SSSR count). The molecule has 0 heterocycles. The Morgan fingerprint density at radius 2 is 1.88 bits per heavy atom. The standard InChI is InChI=1S/C12H16INO.C2H6/c1-4-9(2)12(15)14(13)11-8-6-5-7-10(11)3;1-2/h5-9H,4H2,1-3H3;1-2H3. The lowest BCUT2D eigenvalue weighted by atomic mass is 10.1. The van der Waals surface area contributed by atoms with Crippen LogP contribution in [0.15, 0.2) is 24.3 Å². The summed E-state index contributed by atoms with van der Waals surface area (Å²) in [5.74, 6) is 0.258. The monoisotopic (exact) mass is 347 g/mol. The summed E-state index contributed by atoms with van der Waals surface area (Å²) in [6.45, 7) is 10.0. The average Bonchev–Trinajstić information content (AvgIpc) is 2.39. The van der Waals surface area contributed by atoms with E-state index < -0.39 is 0 Å². The van der Waals surface area contributed by atoms with Crippen molar-refractivity contribution in [2.24, 2.45) is 5.92 Å². The number of benzene rings is 1. The Bertz CT molecular complexity index is 352.